The van der Waals surface area contributed by atoms with Crippen molar-refractivity contribution in [1.29, 1.82) is 0 Å². The first-order chi connectivity index (χ1) is 19.2. The SMILES string of the molecule is CC(=O)OCC1OC(Oc2ccc(C=C3C(=O)NC(=S)NC3=O)cc2O)C(OC(C)=O)C(OC(C)=O)C1OC(C)=O. The lowest BCUT2D eigenvalue weighted by Gasteiger charge is -2.43. The summed E-state index contributed by atoms with van der Waals surface area (Å²) in [5.74, 6) is -5.33. The number of carbonyl (C=O) groups excluding carboxylic acids is 6. The van der Waals surface area contributed by atoms with Crippen LogP contribution in [0.2, 0.25) is 0 Å². The molecule has 5 atom stereocenters. The van der Waals surface area contributed by atoms with Gasteiger partial charge in [-0.2, -0.15) is 0 Å². The smallest absolute Gasteiger partial charge is 0.303 e. The summed E-state index contributed by atoms with van der Waals surface area (Å²) in [5, 5.41) is 15.1. The minimum atomic E-state index is -1.58. The third kappa shape index (κ3) is 8.21. The van der Waals surface area contributed by atoms with Gasteiger partial charge in [0.05, 0.1) is 0 Å². The van der Waals surface area contributed by atoms with Crippen LogP contribution in [-0.4, -0.2) is 83.2 Å². The molecule has 0 radical (unpaired) electrons. The number of ether oxygens (including phenoxy) is 6. The van der Waals surface area contributed by atoms with Gasteiger partial charge in [-0.3, -0.25) is 39.4 Å². The van der Waals surface area contributed by atoms with E-state index in [0.717, 1.165) is 27.7 Å². The maximum Gasteiger partial charge on any atom is 0.303 e. The van der Waals surface area contributed by atoms with Crippen molar-refractivity contribution >= 4 is 59.1 Å². The topological polar surface area (TPSA) is 202 Å². The Bertz CT molecular complexity index is 1290. The van der Waals surface area contributed by atoms with Gasteiger partial charge in [-0.1, -0.05) is 6.07 Å². The number of phenolic OH excluding ortho intramolecular Hbond substituents is 1. The van der Waals surface area contributed by atoms with Crippen molar-refractivity contribution in [3.63, 3.8) is 0 Å². The van der Waals surface area contributed by atoms with E-state index in [0.29, 0.717) is 0 Å². The average molecular weight is 595 g/mol. The van der Waals surface area contributed by atoms with Crippen molar-refractivity contribution in [3.05, 3.63) is 29.3 Å². The van der Waals surface area contributed by atoms with Crippen molar-refractivity contribution in [1.82, 2.24) is 10.6 Å². The number of phenols is 1. The molecule has 220 valence electrons. The number of rotatable bonds is 8. The normalized spacial score (nSPS) is 23.9. The summed E-state index contributed by atoms with van der Waals surface area (Å²) in [7, 11) is 0. The molecule has 41 heavy (non-hydrogen) atoms. The van der Waals surface area contributed by atoms with E-state index in [1.807, 2.05) is 0 Å². The Labute approximate surface area is 238 Å². The molecule has 0 spiro atoms. The molecule has 2 fully saturated rings. The van der Waals surface area contributed by atoms with Gasteiger partial charge in [0.25, 0.3) is 11.8 Å². The number of amides is 2. The second-order valence-electron chi connectivity index (χ2n) is 8.71. The summed E-state index contributed by atoms with van der Waals surface area (Å²) in [5.41, 5.74) is -0.0456. The molecule has 0 saturated carbocycles. The van der Waals surface area contributed by atoms with Crippen LogP contribution in [0.3, 0.4) is 0 Å². The van der Waals surface area contributed by atoms with Gasteiger partial charge in [-0.05, 0) is 36.0 Å². The molecule has 0 bridgehead atoms. The molecule has 0 aromatic heterocycles. The number of hydrogen-bond acceptors (Lipinski definition) is 14. The molecular formula is C25H26N2O13S. The predicted molar refractivity (Wildman–Crippen MR) is 138 cm³/mol. The van der Waals surface area contributed by atoms with E-state index in [1.165, 1.54) is 24.3 Å². The van der Waals surface area contributed by atoms with Gasteiger partial charge in [-0.15, -0.1) is 0 Å². The Morgan fingerprint density at radius 3 is 2.00 bits per heavy atom. The molecule has 2 heterocycles. The molecular weight excluding hydrogens is 568 g/mol. The molecule has 3 rings (SSSR count). The second-order valence-corrected chi connectivity index (χ2v) is 9.12. The fourth-order valence-electron chi connectivity index (χ4n) is 3.91. The van der Waals surface area contributed by atoms with Crippen LogP contribution in [0, 0.1) is 0 Å². The van der Waals surface area contributed by atoms with E-state index in [1.54, 1.807) is 0 Å². The Kier molecular flexibility index (Phi) is 9.96. The minimum Gasteiger partial charge on any atom is -0.504 e. The summed E-state index contributed by atoms with van der Waals surface area (Å²) in [6.07, 6.45) is -6.02. The Hall–Kier alpha value is -4.57. The van der Waals surface area contributed by atoms with Crippen LogP contribution in [0.15, 0.2) is 23.8 Å². The summed E-state index contributed by atoms with van der Waals surface area (Å²) >= 11 is 4.76. The number of thiocarbonyl (C=S) groups is 1. The second kappa shape index (κ2) is 13.2. The van der Waals surface area contributed by atoms with E-state index in [-0.39, 0.29) is 22.0 Å². The van der Waals surface area contributed by atoms with Crippen LogP contribution in [0.1, 0.15) is 33.3 Å². The standard InChI is InChI=1S/C25H26N2O13S/c1-10(28)35-9-18-19(36-11(2)29)20(37-12(3)30)21(38-13(4)31)24(40-18)39-17-6-5-14(8-16(17)32)7-15-22(33)26-25(41)27-23(15)34/h5-8,18-21,24,32H,9H2,1-4H3,(H2,26,27,33,34,41). The van der Waals surface area contributed by atoms with E-state index < -0.39 is 78.8 Å². The largest absolute Gasteiger partial charge is 0.504 e. The average Bonchev–Trinajstić information content (AvgIpc) is 2.84. The number of esters is 4. The third-order valence-corrected chi connectivity index (χ3v) is 5.63. The Morgan fingerprint density at radius 1 is 0.902 bits per heavy atom. The van der Waals surface area contributed by atoms with E-state index in [9.17, 15) is 33.9 Å². The molecule has 3 N–H and O–H groups in total. The van der Waals surface area contributed by atoms with Crippen LogP contribution < -0.4 is 15.4 Å². The first-order valence-corrected chi connectivity index (χ1v) is 12.3. The van der Waals surface area contributed by atoms with Crippen molar-refractivity contribution < 1.29 is 62.3 Å². The summed E-state index contributed by atoms with van der Waals surface area (Å²) in [6.45, 7) is 3.89. The lowest BCUT2D eigenvalue weighted by molar-refractivity contribution is -0.288. The first kappa shape index (κ1) is 31.0. The monoisotopic (exact) mass is 594 g/mol. The van der Waals surface area contributed by atoms with Crippen LogP contribution in [0.25, 0.3) is 6.08 Å². The molecule has 2 aliphatic rings. The van der Waals surface area contributed by atoms with Crippen LogP contribution in [0.4, 0.5) is 0 Å². The highest BCUT2D eigenvalue weighted by Gasteiger charge is 2.53. The zero-order valence-electron chi connectivity index (χ0n) is 22.2. The molecule has 2 saturated heterocycles. The molecule has 2 aliphatic heterocycles. The van der Waals surface area contributed by atoms with Crippen LogP contribution in [-0.2, 0) is 52.5 Å². The van der Waals surface area contributed by atoms with E-state index in [4.69, 9.17) is 40.6 Å². The third-order valence-electron chi connectivity index (χ3n) is 5.43. The number of aromatic hydroxyl groups is 1. The van der Waals surface area contributed by atoms with Gasteiger partial charge in [0, 0.05) is 27.7 Å². The zero-order chi connectivity index (χ0) is 30.4. The van der Waals surface area contributed by atoms with Crippen LogP contribution in [0.5, 0.6) is 11.5 Å². The highest BCUT2D eigenvalue weighted by Crippen LogP contribution is 2.34. The van der Waals surface area contributed by atoms with Crippen molar-refractivity contribution in [3.8, 4) is 11.5 Å². The maximum absolute atomic E-state index is 12.1. The van der Waals surface area contributed by atoms with E-state index in [2.05, 4.69) is 10.6 Å². The summed E-state index contributed by atoms with van der Waals surface area (Å²) < 4.78 is 32.6. The molecule has 16 heteroatoms. The highest BCUT2D eigenvalue weighted by atomic mass is 32.1. The van der Waals surface area contributed by atoms with E-state index >= 15 is 0 Å². The van der Waals surface area contributed by atoms with Gasteiger partial charge in [0.1, 0.15) is 18.3 Å². The number of carbonyl (C=O) groups is 6. The number of nitrogens with one attached hydrogen (secondary N) is 2. The van der Waals surface area contributed by atoms with Crippen molar-refractivity contribution in [2.75, 3.05) is 6.61 Å². The predicted octanol–water partition coefficient (Wildman–Crippen LogP) is -0.232. The molecule has 5 unspecified atom stereocenters. The Balaban J connectivity index is 1.96. The van der Waals surface area contributed by atoms with Crippen molar-refractivity contribution in [2.45, 2.75) is 58.4 Å². The highest BCUT2D eigenvalue weighted by molar-refractivity contribution is 7.80. The van der Waals surface area contributed by atoms with Gasteiger partial charge >= 0.3 is 23.9 Å². The number of hydrogen-bond donors (Lipinski definition) is 3. The molecule has 2 amide bonds. The maximum atomic E-state index is 12.1. The molecule has 0 aliphatic carbocycles. The quantitative estimate of drug-likeness (QED) is 0.117. The minimum absolute atomic E-state index is 0.145. The molecule has 15 nitrogen and oxygen atoms in total. The number of benzene rings is 1. The fraction of sp³-hybridized carbons (Fsp3) is 0.400. The van der Waals surface area contributed by atoms with Gasteiger partial charge in [0.15, 0.2) is 28.8 Å². The van der Waals surface area contributed by atoms with Gasteiger partial charge in [0.2, 0.25) is 12.4 Å². The lowest BCUT2D eigenvalue weighted by atomic mass is 9.98. The van der Waals surface area contributed by atoms with Crippen LogP contribution >= 0.6 is 12.2 Å². The summed E-state index contributed by atoms with van der Waals surface area (Å²) in [6, 6.07) is 3.82. The van der Waals surface area contributed by atoms with Gasteiger partial charge in [-0.25, -0.2) is 0 Å². The first-order valence-electron chi connectivity index (χ1n) is 11.9. The zero-order valence-corrected chi connectivity index (χ0v) is 23.0. The Morgan fingerprint density at radius 2 is 1.46 bits per heavy atom. The molecule has 1 aromatic rings. The van der Waals surface area contributed by atoms with Crippen molar-refractivity contribution in [2.24, 2.45) is 0 Å². The lowest BCUT2D eigenvalue weighted by Crippen LogP contribution is -2.63. The molecule has 1 aromatic carbocycles. The summed E-state index contributed by atoms with van der Waals surface area (Å²) in [4.78, 5) is 71.5. The fourth-order valence-corrected chi connectivity index (χ4v) is 4.09. The van der Waals surface area contributed by atoms with Gasteiger partial charge < -0.3 is 33.5 Å².